The summed E-state index contributed by atoms with van der Waals surface area (Å²) in [6.07, 6.45) is 1.84. The molecule has 1 fully saturated rings. The summed E-state index contributed by atoms with van der Waals surface area (Å²) in [5.74, 6) is 0.674. The number of nitrogens with zero attached hydrogens (tertiary/aromatic N) is 4. The molecule has 0 bridgehead atoms. The van der Waals surface area contributed by atoms with Gasteiger partial charge < -0.3 is 20.5 Å². The molecule has 230 valence electrons. The van der Waals surface area contributed by atoms with Crippen LogP contribution in [0.4, 0.5) is 17.3 Å². The highest BCUT2D eigenvalue weighted by atomic mass is 32.2. The average molecular weight is 618 g/mol. The number of nitrogens with one attached hydrogen (secondary N) is 2. The number of carbonyl (C=O) groups excluding carboxylic acids is 1. The lowest BCUT2D eigenvalue weighted by atomic mass is 10.0. The van der Waals surface area contributed by atoms with Gasteiger partial charge >= 0.3 is 0 Å². The Kier molecular flexibility index (Phi) is 9.28. The Morgan fingerprint density at radius 1 is 0.955 bits per heavy atom. The summed E-state index contributed by atoms with van der Waals surface area (Å²) in [5, 5.41) is 3.15. The number of benzene rings is 3. The molecule has 4 aromatic rings. The predicted octanol–water partition coefficient (Wildman–Crippen LogP) is 3.52. The molecule has 1 aliphatic rings. The van der Waals surface area contributed by atoms with Gasteiger partial charge in [0.25, 0.3) is 10.0 Å². The second-order valence-electron chi connectivity index (χ2n) is 10.2. The Bertz CT molecular complexity index is 1750. The maximum atomic E-state index is 13.8. The van der Waals surface area contributed by atoms with Crippen LogP contribution in [0.25, 0.3) is 11.0 Å². The number of hydrogen-bond donors (Lipinski definition) is 3. The largest absolute Gasteiger partial charge is 0.497 e. The number of carbonyl (C=O) groups is 1. The number of piperazine rings is 1. The number of methoxy groups -OCH3 is 2. The molecule has 0 aliphatic carbocycles. The molecule has 1 aliphatic heterocycles. The number of sulfonamides is 1. The molecule has 44 heavy (non-hydrogen) atoms. The molecule has 1 saturated heterocycles. The molecule has 4 N–H and O–H groups in total. The normalized spacial score (nSPS) is 15.0. The quantitative estimate of drug-likeness (QED) is 0.201. The average Bonchev–Trinajstić information content (AvgIpc) is 3.02. The highest BCUT2D eigenvalue weighted by Crippen LogP contribution is 2.32. The van der Waals surface area contributed by atoms with Gasteiger partial charge in [0, 0.05) is 56.6 Å². The molecule has 3 aromatic carbocycles. The number of aromatic nitrogens is 2. The predicted molar refractivity (Wildman–Crippen MR) is 170 cm³/mol. The fraction of sp³-hybridized carbons (Fsp3) is 0.258. The summed E-state index contributed by atoms with van der Waals surface area (Å²) < 4.78 is 40.9. The van der Waals surface area contributed by atoms with E-state index < -0.39 is 22.0 Å². The fourth-order valence-electron chi connectivity index (χ4n) is 5.15. The van der Waals surface area contributed by atoms with Crippen LogP contribution in [0.5, 0.6) is 11.5 Å². The Morgan fingerprint density at radius 3 is 2.18 bits per heavy atom. The zero-order valence-electron chi connectivity index (χ0n) is 24.6. The Balaban J connectivity index is 1.47. The van der Waals surface area contributed by atoms with Crippen molar-refractivity contribution in [2.24, 2.45) is 5.73 Å². The lowest BCUT2D eigenvalue weighted by molar-refractivity contribution is -0.124. The van der Waals surface area contributed by atoms with E-state index in [-0.39, 0.29) is 16.5 Å². The zero-order chi connectivity index (χ0) is 31.3. The van der Waals surface area contributed by atoms with E-state index in [2.05, 4.69) is 31.5 Å². The summed E-state index contributed by atoms with van der Waals surface area (Å²) in [6.45, 7) is 7.24. The van der Waals surface area contributed by atoms with Crippen molar-refractivity contribution in [3.05, 3.63) is 84.9 Å². The van der Waals surface area contributed by atoms with Gasteiger partial charge in [-0.1, -0.05) is 30.3 Å². The van der Waals surface area contributed by atoms with Crippen LogP contribution in [-0.2, 0) is 14.8 Å². The van der Waals surface area contributed by atoms with Crippen molar-refractivity contribution in [1.82, 2.24) is 19.8 Å². The van der Waals surface area contributed by atoms with E-state index in [1.54, 1.807) is 48.5 Å². The van der Waals surface area contributed by atoms with Crippen LogP contribution in [0.3, 0.4) is 0 Å². The monoisotopic (exact) mass is 617 g/mol. The minimum Gasteiger partial charge on any atom is -0.497 e. The molecule has 0 radical (unpaired) electrons. The number of anilines is 3. The fourth-order valence-corrected chi connectivity index (χ4v) is 6.22. The van der Waals surface area contributed by atoms with Gasteiger partial charge in [-0.2, -0.15) is 0 Å². The van der Waals surface area contributed by atoms with Crippen LogP contribution in [0.2, 0.25) is 0 Å². The Morgan fingerprint density at radius 2 is 1.59 bits per heavy atom. The SMILES string of the molecule is C=CCN1CCN(C(C(N)=O)c2cccc(S(=O)(=O)Nc3nc4ccccc4nc3Nc3cc(OC)cc(OC)c3)c2)CC1. The van der Waals surface area contributed by atoms with E-state index >= 15 is 0 Å². The third kappa shape index (κ3) is 6.91. The zero-order valence-corrected chi connectivity index (χ0v) is 25.4. The third-order valence-electron chi connectivity index (χ3n) is 7.33. The molecule has 0 spiro atoms. The Hall–Kier alpha value is -4.72. The van der Waals surface area contributed by atoms with Gasteiger partial charge in [-0.05, 0) is 29.8 Å². The van der Waals surface area contributed by atoms with Gasteiger partial charge in [-0.3, -0.25) is 19.3 Å². The van der Waals surface area contributed by atoms with E-state index in [9.17, 15) is 13.2 Å². The van der Waals surface area contributed by atoms with Gasteiger partial charge in [0.1, 0.15) is 17.5 Å². The molecule has 1 unspecified atom stereocenters. The highest BCUT2D eigenvalue weighted by Gasteiger charge is 2.30. The number of rotatable bonds is 12. The smallest absolute Gasteiger partial charge is 0.263 e. The maximum absolute atomic E-state index is 13.8. The molecular formula is C31H35N7O5S. The summed E-state index contributed by atoms with van der Waals surface area (Å²) >= 11 is 0. The van der Waals surface area contributed by atoms with Crippen LogP contribution < -0.4 is 25.2 Å². The topological polar surface area (TPSA) is 152 Å². The van der Waals surface area contributed by atoms with Crippen molar-refractivity contribution in [1.29, 1.82) is 0 Å². The van der Waals surface area contributed by atoms with Crippen LogP contribution in [0, 0.1) is 0 Å². The molecule has 1 aromatic heterocycles. The van der Waals surface area contributed by atoms with Crippen LogP contribution >= 0.6 is 0 Å². The van der Waals surface area contributed by atoms with Crippen LogP contribution in [0.15, 0.2) is 84.3 Å². The van der Waals surface area contributed by atoms with Crippen molar-refractivity contribution in [3.8, 4) is 11.5 Å². The summed E-state index contributed by atoms with van der Waals surface area (Å²) in [5.41, 5.74) is 7.94. The summed E-state index contributed by atoms with van der Waals surface area (Å²) in [6, 6.07) is 17.8. The molecule has 2 heterocycles. The minimum absolute atomic E-state index is 0.0133. The Labute approximate surface area is 256 Å². The van der Waals surface area contributed by atoms with Crippen molar-refractivity contribution in [2.45, 2.75) is 10.9 Å². The van der Waals surface area contributed by atoms with Crippen molar-refractivity contribution in [2.75, 3.05) is 57.0 Å². The highest BCUT2D eigenvalue weighted by molar-refractivity contribution is 7.92. The summed E-state index contributed by atoms with van der Waals surface area (Å²) in [7, 11) is -1.11. The van der Waals surface area contributed by atoms with Crippen LogP contribution in [0.1, 0.15) is 11.6 Å². The third-order valence-corrected chi connectivity index (χ3v) is 8.67. The number of primary amides is 1. The number of hydrogen-bond acceptors (Lipinski definition) is 10. The number of ether oxygens (including phenoxy) is 2. The lowest BCUT2D eigenvalue weighted by Gasteiger charge is -2.38. The number of para-hydroxylation sites is 2. The van der Waals surface area contributed by atoms with Gasteiger partial charge in [-0.25, -0.2) is 18.4 Å². The van der Waals surface area contributed by atoms with Gasteiger partial charge in [0.2, 0.25) is 5.91 Å². The number of fused-ring (bicyclic) bond motifs is 1. The lowest BCUT2D eigenvalue weighted by Crippen LogP contribution is -2.50. The van der Waals surface area contributed by atoms with Crippen molar-refractivity contribution in [3.63, 3.8) is 0 Å². The number of nitrogens with two attached hydrogens (primary N) is 1. The van der Waals surface area contributed by atoms with Crippen LogP contribution in [-0.4, -0.2) is 81.0 Å². The van der Waals surface area contributed by atoms with Crippen molar-refractivity contribution < 1.29 is 22.7 Å². The second-order valence-corrected chi connectivity index (χ2v) is 11.9. The van der Waals surface area contributed by atoms with Gasteiger partial charge in [0.15, 0.2) is 11.6 Å². The summed E-state index contributed by atoms with van der Waals surface area (Å²) in [4.78, 5) is 26.0. The second kappa shape index (κ2) is 13.3. The standard InChI is InChI=1S/C31H35N7O5S/c1-4-12-37-13-15-38(16-14-37)28(29(32)39)21-8-7-9-25(17-21)44(40,41)36-31-30(34-26-10-5-6-11-27(26)35-31)33-22-18-23(42-2)20-24(19-22)43-3/h4-11,17-20,28H,1,12-16H2,2-3H3,(H2,32,39)(H,33,34)(H,35,36). The maximum Gasteiger partial charge on any atom is 0.263 e. The van der Waals surface area contributed by atoms with Gasteiger partial charge in [0.05, 0.1) is 30.1 Å². The first-order chi connectivity index (χ1) is 21.2. The number of amides is 1. The first-order valence-electron chi connectivity index (χ1n) is 14.0. The minimum atomic E-state index is -4.18. The molecule has 5 rings (SSSR count). The van der Waals surface area contributed by atoms with E-state index in [1.165, 1.54) is 26.4 Å². The van der Waals surface area contributed by atoms with E-state index in [1.807, 2.05) is 17.0 Å². The molecule has 0 saturated carbocycles. The van der Waals surface area contributed by atoms with Crippen molar-refractivity contribution >= 4 is 44.3 Å². The van der Waals surface area contributed by atoms with E-state index in [0.29, 0.717) is 46.9 Å². The van der Waals surface area contributed by atoms with Gasteiger partial charge in [-0.15, -0.1) is 6.58 Å². The first-order valence-corrected chi connectivity index (χ1v) is 15.5. The molecular weight excluding hydrogens is 582 g/mol. The molecule has 13 heteroatoms. The van der Waals surface area contributed by atoms with E-state index in [0.717, 1.165) is 19.6 Å². The molecule has 1 atom stereocenters. The molecule has 1 amide bonds. The first kappa shape index (κ1) is 30.7. The van der Waals surface area contributed by atoms with E-state index in [4.69, 9.17) is 15.2 Å². The molecule has 12 nitrogen and oxygen atoms in total.